The minimum Gasteiger partial charge on any atom is -0.488 e. The number of aromatic nitrogens is 1. The van der Waals surface area contributed by atoms with Gasteiger partial charge in [0.15, 0.2) is 0 Å². The SMILES string of the molecule is Fc1cc(OCc2cncs2)ccc1Cl. The molecule has 0 aliphatic rings. The number of rotatable bonds is 3. The summed E-state index contributed by atoms with van der Waals surface area (Å²) in [5, 5.41) is 0.0974. The van der Waals surface area contributed by atoms with E-state index in [0.29, 0.717) is 12.4 Å². The maximum Gasteiger partial charge on any atom is 0.145 e. The third kappa shape index (κ3) is 2.67. The van der Waals surface area contributed by atoms with Gasteiger partial charge in [0.05, 0.1) is 15.4 Å². The Hall–Kier alpha value is -1.13. The quantitative estimate of drug-likeness (QED) is 0.823. The van der Waals surface area contributed by atoms with Crippen LogP contribution in [0.5, 0.6) is 5.75 Å². The lowest BCUT2D eigenvalue weighted by Gasteiger charge is -2.04. The summed E-state index contributed by atoms with van der Waals surface area (Å²) in [6, 6.07) is 4.37. The standard InChI is InChI=1S/C10H7ClFNOS/c11-9-2-1-7(3-10(9)12)14-5-8-4-13-6-15-8/h1-4,6H,5H2. The zero-order valence-corrected chi connectivity index (χ0v) is 9.19. The van der Waals surface area contributed by atoms with Gasteiger partial charge in [-0.1, -0.05) is 11.6 Å². The molecule has 1 aromatic carbocycles. The lowest BCUT2D eigenvalue weighted by atomic mass is 10.3. The van der Waals surface area contributed by atoms with E-state index >= 15 is 0 Å². The molecular formula is C10H7ClFNOS. The average Bonchev–Trinajstić information content (AvgIpc) is 2.73. The van der Waals surface area contributed by atoms with Crippen molar-refractivity contribution < 1.29 is 9.13 Å². The van der Waals surface area contributed by atoms with Crippen molar-refractivity contribution in [1.29, 1.82) is 0 Å². The number of benzene rings is 1. The van der Waals surface area contributed by atoms with Gasteiger partial charge in [-0.15, -0.1) is 11.3 Å². The Kier molecular flexibility index (Phi) is 3.18. The van der Waals surface area contributed by atoms with E-state index in [2.05, 4.69) is 4.98 Å². The van der Waals surface area contributed by atoms with E-state index in [1.807, 2.05) is 0 Å². The fraction of sp³-hybridized carbons (Fsp3) is 0.100. The molecule has 0 saturated heterocycles. The molecule has 0 aliphatic carbocycles. The van der Waals surface area contributed by atoms with Crippen molar-refractivity contribution in [3.05, 3.63) is 45.6 Å². The van der Waals surface area contributed by atoms with Gasteiger partial charge >= 0.3 is 0 Å². The third-order valence-electron chi connectivity index (χ3n) is 1.76. The van der Waals surface area contributed by atoms with Gasteiger partial charge in [-0.05, 0) is 12.1 Å². The first-order valence-electron chi connectivity index (χ1n) is 4.21. The second-order valence-electron chi connectivity index (χ2n) is 2.83. The molecule has 0 N–H and O–H groups in total. The third-order valence-corrected chi connectivity index (χ3v) is 2.82. The molecule has 2 aromatic rings. The summed E-state index contributed by atoms with van der Waals surface area (Å²) in [5.74, 6) is -0.0104. The van der Waals surface area contributed by atoms with Crippen LogP contribution >= 0.6 is 22.9 Å². The maximum atomic E-state index is 13.0. The smallest absolute Gasteiger partial charge is 0.145 e. The van der Waals surface area contributed by atoms with E-state index in [4.69, 9.17) is 16.3 Å². The van der Waals surface area contributed by atoms with Gasteiger partial charge in [0.25, 0.3) is 0 Å². The van der Waals surface area contributed by atoms with E-state index in [1.165, 1.54) is 23.5 Å². The monoisotopic (exact) mass is 243 g/mol. The van der Waals surface area contributed by atoms with Crippen molar-refractivity contribution in [3.63, 3.8) is 0 Å². The van der Waals surface area contributed by atoms with Crippen LogP contribution in [0.2, 0.25) is 5.02 Å². The van der Waals surface area contributed by atoms with Crippen LogP contribution < -0.4 is 4.74 Å². The fourth-order valence-corrected chi connectivity index (χ4v) is 1.66. The predicted octanol–water partition coefficient (Wildman–Crippen LogP) is 3.51. The van der Waals surface area contributed by atoms with Gasteiger partial charge in [-0.25, -0.2) is 4.39 Å². The molecule has 78 valence electrons. The largest absolute Gasteiger partial charge is 0.488 e. The van der Waals surface area contributed by atoms with Gasteiger partial charge in [0, 0.05) is 12.3 Å². The summed E-state index contributed by atoms with van der Waals surface area (Å²) < 4.78 is 18.4. The van der Waals surface area contributed by atoms with E-state index in [0.717, 1.165) is 4.88 Å². The van der Waals surface area contributed by atoms with Crippen molar-refractivity contribution in [2.24, 2.45) is 0 Å². The molecule has 0 fully saturated rings. The Morgan fingerprint density at radius 1 is 1.47 bits per heavy atom. The molecule has 1 heterocycles. The van der Waals surface area contributed by atoms with Crippen molar-refractivity contribution in [3.8, 4) is 5.75 Å². The minimum absolute atomic E-state index is 0.0974. The molecule has 2 nitrogen and oxygen atoms in total. The molecule has 0 spiro atoms. The summed E-state index contributed by atoms with van der Waals surface area (Å²) >= 11 is 7.04. The molecule has 0 radical (unpaired) electrons. The molecule has 1 aromatic heterocycles. The lowest BCUT2D eigenvalue weighted by molar-refractivity contribution is 0.308. The van der Waals surface area contributed by atoms with Crippen molar-refractivity contribution in [2.75, 3.05) is 0 Å². The molecular weight excluding hydrogens is 237 g/mol. The van der Waals surface area contributed by atoms with Crippen LogP contribution in [-0.2, 0) is 6.61 Å². The zero-order chi connectivity index (χ0) is 10.7. The number of ether oxygens (including phenoxy) is 1. The van der Waals surface area contributed by atoms with Crippen LogP contribution in [0, 0.1) is 5.82 Å². The number of nitrogens with zero attached hydrogens (tertiary/aromatic N) is 1. The Morgan fingerprint density at radius 3 is 3.00 bits per heavy atom. The highest BCUT2D eigenvalue weighted by Crippen LogP contribution is 2.21. The van der Waals surface area contributed by atoms with E-state index in [9.17, 15) is 4.39 Å². The summed E-state index contributed by atoms with van der Waals surface area (Å²) in [7, 11) is 0. The first-order chi connectivity index (χ1) is 7.25. The number of halogens is 2. The number of hydrogen-bond donors (Lipinski definition) is 0. The Balaban J connectivity index is 2.02. The molecule has 0 unspecified atom stereocenters. The van der Waals surface area contributed by atoms with E-state index in [1.54, 1.807) is 17.8 Å². The molecule has 0 amide bonds. The first-order valence-corrected chi connectivity index (χ1v) is 5.46. The summed E-state index contributed by atoms with van der Waals surface area (Å²) in [6.07, 6.45) is 1.72. The molecule has 15 heavy (non-hydrogen) atoms. The Morgan fingerprint density at radius 2 is 2.33 bits per heavy atom. The predicted molar refractivity (Wildman–Crippen MR) is 57.9 cm³/mol. The minimum atomic E-state index is -0.474. The van der Waals surface area contributed by atoms with Crippen LogP contribution in [0.25, 0.3) is 0 Å². The average molecular weight is 244 g/mol. The Labute approximate surface area is 95.3 Å². The van der Waals surface area contributed by atoms with Crippen molar-refractivity contribution in [2.45, 2.75) is 6.61 Å². The highest BCUT2D eigenvalue weighted by atomic mass is 35.5. The van der Waals surface area contributed by atoms with Gasteiger partial charge in [0.1, 0.15) is 18.2 Å². The van der Waals surface area contributed by atoms with Gasteiger partial charge in [-0.2, -0.15) is 0 Å². The second kappa shape index (κ2) is 4.59. The van der Waals surface area contributed by atoms with Crippen LogP contribution in [0.4, 0.5) is 4.39 Å². The topological polar surface area (TPSA) is 22.1 Å². The van der Waals surface area contributed by atoms with Crippen molar-refractivity contribution >= 4 is 22.9 Å². The highest BCUT2D eigenvalue weighted by Gasteiger charge is 2.02. The number of hydrogen-bond acceptors (Lipinski definition) is 3. The summed E-state index contributed by atoms with van der Waals surface area (Å²) in [5.41, 5.74) is 1.72. The van der Waals surface area contributed by atoms with Crippen molar-refractivity contribution in [1.82, 2.24) is 4.98 Å². The molecule has 0 bridgehead atoms. The lowest BCUT2D eigenvalue weighted by Crippen LogP contribution is -1.93. The highest BCUT2D eigenvalue weighted by molar-refractivity contribution is 7.09. The van der Waals surface area contributed by atoms with Gasteiger partial charge in [0.2, 0.25) is 0 Å². The summed E-state index contributed by atoms with van der Waals surface area (Å²) in [4.78, 5) is 4.90. The van der Waals surface area contributed by atoms with Crippen LogP contribution in [0.15, 0.2) is 29.9 Å². The molecule has 0 saturated carbocycles. The second-order valence-corrected chi connectivity index (χ2v) is 4.21. The molecule has 0 atom stereocenters. The van der Waals surface area contributed by atoms with Gasteiger partial charge in [-0.3, -0.25) is 4.98 Å². The summed E-state index contributed by atoms with van der Waals surface area (Å²) in [6.45, 7) is 0.395. The van der Waals surface area contributed by atoms with Crippen LogP contribution in [0.1, 0.15) is 4.88 Å². The van der Waals surface area contributed by atoms with Crippen LogP contribution in [0.3, 0.4) is 0 Å². The molecule has 0 aliphatic heterocycles. The Bertz CT molecular complexity index is 447. The number of thiazole rings is 1. The molecule has 2 rings (SSSR count). The van der Waals surface area contributed by atoms with Crippen LogP contribution in [-0.4, -0.2) is 4.98 Å². The maximum absolute atomic E-state index is 13.0. The fourth-order valence-electron chi connectivity index (χ4n) is 1.03. The first kappa shape index (κ1) is 10.4. The molecule has 5 heteroatoms. The normalized spacial score (nSPS) is 10.3. The van der Waals surface area contributed by atoms with E-state index < -0.39 is 5.82 Å². The van der Waals surface area contributed by atoms with Gasteiger partial charge < -0.3 is 4.74 Å². The zero-order valence-electron chi connectivity index (χ0n) is 7.61. The van der Waals surface area contributed by atoms with E-state index in [-0.39, 0.29) is 5.02 Å².